The first kappa shape index (κ1) is 13.5. The number of fused-ring (bicyclic) bond motifs is 1. The molecule has 0 aromatic heterocycles. The highest BCUT2D eigenvalue weighted by Crippen LogP contribution is 2.35. The van der Waals surface area contributed by atoms with Crippen LogP contribution in [0.25, 0.3) is 0 Å². The molecule has 0 spiro atoms. The van der Waals surface area contributed by atoms with Gasteiger partial charge >= 0.3 is 0 Å². The van der Waals surface area contributed by atoms with Crippen LogP contribution in [0.4, 0.5) is 0 Å². The summed E-state index contributed by atoms with van der Waals surface area (Å²) in [6.07, 6.45) is 2.20. The summed E-state index contributed by atoms with van der Waals surface area (Å²) in [7, 11) is 1.69. The minimum absolute atomic E-state index is 0.171. The molecule has 1 heterocycles. The summed E-state index contributed by atoms with van der Waals surface area (Å²) in [5.41, 5.74) is 3.75. The molecule has 0 saturated heterocycles. The number of ether oxygens (including phenoxy) is 2. The van der Waals surface area contributed by atoms with Crippen LogP contribution in [0.2, 0.25) is 0 Å². The number of hydrogen-bond acceptors (Lipinski definition) is 2. The van der Waals surface area contributed by atoms with E-state index < -0.39 is 0 Å². The standard InChI is InChI=1S/C17H17BrO2/c1-19-15-6-2-4-13(11-15)17(18)14-7-8-16-12(10-14)5-3-9-20-16/h2,4,6-8,10-11,17H,3,5,9H2,1H3. The number of benzene rings is 2. The highest BCUT2D eigenvalue weighted by atomic mass is 79.9. The molecule has 1 aliphatic rings. The zero-order valence-corrected chi connectivity index (χ0v) is 13.0. The quantitative estimate of drug-likeness (QED) is 0.770. The van der Waals surface area contributed by atoms with Crippen LogP contribution in [0, 0.1) is 0 Å². The van der Waals surface area contributed by atoms with Crippen LogP contribution in [0.5, 0.6) is 11.5 Å². The summed E-state index contributed by atoms with van der Waals surface area (Å²) >= 11 is 3.79. The lowest BCUT2D eigenvalue weighted by Crippen LogP contribution is -2.08. The molecular formula is C17H17BrO2. The Balaban J connectivity index is 1.91. The van der Waals surface area contributed by atoms with Crippen molar-refractivity contribution in [2.24, 2.45) is 0 Å². The first-order valence-electron chi connectivity index (χ1n) is 6.81. The van der Waals surface area contributed by atoms with Gasteiger partial charge in [0.1, 0.15) is 11.5 Å². The van der Waals surface area contributed by atoms with Crippen molar-refractivity contribution in [3.8, 4) is 11.5 Å². The largest absolute Gasteiger partial charge is 0.497 e. The molecule has 1 atom stereocenters. The molecule has 0 radical (unpaired) electrons. The maximum absolute atomic E-state index is 5.67. The number of rotatable bonds is 3. The number of halogens is 1. The Hall–Kier alpha value is -1.48. The minimum atomic E-state index is 0.171. The first-order chi connectivity index (χ1) is 9.78. The summed E-state index contributed by atoms with van der Waals surface area (Å²) < 4.78 is 11.0. The van der Waals surface area contributed by atoms with Crippen molar-refractivity contribution in [3.63, 3.8) is 0 Å². The number of methoxy groups -OCH3 is 1. The van der Waals surface area contributed by atoms with E-state index in [1.165, 1.54) is 16.7 Å². The van der Waals surface area contributed by atoms with Crippen molar-refractivity contribution in [2.45, 2.75) is 17.7 Å². The second kappa shape index (κ2) is 5.88. The van der Waals surface area contributed by atoms with Crippen LogP contribution in [0.15, 0.2) is 42.5 Å². The summed E-state index contributed by atoms with van der Waals surface area (Å²) in [5.74, 6) is 1.92. The lowest BCUT2D eigenvalue weighted by atomic mass is 9.99. The summed E-state index contributed by atoms with van der Waals surface area (Å²) in [5, 5.41) is 0. The van der Waals surface area contributed by atoms with Crippen LogP contribution in [0.3, 0.4) is 0 Å². The van der Waals surface area contributed by atoms with E-state index in [4.69, 9.17) is 9.47 Å². The summed E-state index contributed by atoms with van der Waals surface area (Å²) in [6, 6.07) is 14.6. The summed E-state index contributed by atoms with van der Waals surface area (Å²) in [6.45, 7) is 0.833. The zero-order chi connectivity index (χ0) is 13.9. The van der Waals surface area contributed by atoms with Gasteiger partial charge in [-0.2, -0.15) is 0 Å². The molecule has 2 nitrogen and oxygen atoms in total. The van der Waals surface area contributed by atoms with Gasteiger partial charge in [-0.15, -0.1) is 0 Å². The Bertz CT molecular complexity index is 610. The van der Waals surface area contributed by atoms with Crippen molar-refractivity contribution in [1.29, 1.82) is 0 Å². The zero-order valence-electron chi connectivity index (χ0n) is 11.4. The molecule has 3 heteroatoms. The molecule has 0 aliphatic carbocycles. The predicted molar refractivity (Wildman–Crippen MR) is 84.0 cm³/mol. The maximum atomic E-state index is 5.67. The fourth-order valence-electron chi connectivity index (χ4n) is 2.53. The Kier molecular flexibility index (Phi) is 3.97. The molecule has 104 valence electrons. The molecular weight excluding hydrogens is 316 g/mol. The Morgan fingerprint density at radius 3 is 2.85 bits per heavy atom. The van der Waals surface area contributed by atoms with Crippen molar-refractivity contribution in [3.05, 3.63) is 59.2 Å². The van der Waals surface area contributed by atoms with Crippen LogP contribution in [0.1, 0.15) is 27.9 Å². The number of aryl methyl sites for hydroxylation is 1. The topological polar surface area (TPSA) is 18.5 Å². The van der Waals surface area contributed by atoms with Crippen LogP contribution < -0.4 is 9.47 Å². The van der Waals surface area contributed by atoms with Gasteiger partial charge in [0.25, 0.3) is 0 Å². The van der Waals surface area contributed by atoms with Gasteiger partial charge in [-0.05, 0) is 47.7 Å². The van der Waals surface area contributed by atoms with Crippen molar-refractivity contribution in [1.82, 2.24) is 0 Å². The molecule has 0 bridgehead atoms. The molecule has 0 N–H and O–H groups in total. The highest BCUT2D eigenvalue weighted by Gasteiger charge is 2.15. The second-order valence-corrected chi connectivity index (χ2v) is 5.87. The van der Waals surface area contributed by atoms with E-state index in [1.807, 2.05) is 12.1 Å². The van der Waals surface area contributed by atoms with Gasteiger partial charge in [0.05, 0.1) is 18.5 Å². The minimum Gasteiger partial charge on any atom is -0.497 e. The molecule has 2 aromatic carbocycles. The molecule has 20 heavy (non-hydrogen) atoms. The van der Waals surface area contributed by atoms with E-state index in [2.05, 4.69) is 46.3 Å². The maximum Gasteiger partial charge on any atom is 0.122 e. The van der Waals surface area contributed by atoms with E-state index in [0.29, 0.717) is 0 Å². The molecule has 0 amide bonds. The van der Waals surface area contributed by atoms with Crippen LogP contribution in [-0.2, 0) is 6.42 Å². The molecule has 2 aromatic rings. The van der Waals surface area contributed by atoms with E-state index in [9.17, 15) is 0 Å². The first-order valence-corrected chi connectivity index (χ1v) is 7.73. The van der Waals surface area contributed by atoms with Gasteiger partial charge in [-0.25, -0.2) is 0 Å². The SMILES string of the molecule is COc1cccc(C(Br)c2ccc3c(c2)CCCO3)c1. The van der Waals surface area contributed by atoms with Gasteiger partial charge in [0, 0.05) is 0 Å². The molecule has 0 fully saturated rings. The molecule has 1 unspecified atom stereocenters. The average molecular weight is 333 g/mol. The van der Waals surface area contributed by atoms with Crippen molar-refractivity contribution < 1.29 is 9.47 Å². The third-order valence-electron chi connectivity index (χ3n) is 3.61. The van der Waals surface area contributed by atoms with Crippen molar-refractivity contribution in [2.75, 3.05) is 13.7 Å². The predicted octanol–water partition coefficient (Wildman–Crippen LogP) is 4.50. The lowest BCUT2D eigenvalue weighted by Gasteiger charge is -2.19. The van der Waals surface area contributed by atoms with Crippen LogP contribution in [-0.4, -0.2) is 13.7 Å². The second-order valence-electron chi connectivity index (χ2n) is 4.96. The average Bonchev–Trinajstić information content (AvgIpc) is 2.53. The third-order valence-corrected chi connectivity index (χ3v) is 4.67. The van der Waals surface area contributed by atoms with Gasteiger partial charge in [-0.3, -0.25) is 0 Å². The summed E-state index contributed by atoms with van der Waals surface area (Å²) in [4.78, 5) is 0.171. The van der Waals surface area contributed by atoms with E-state index in [0.717, 1.165) is 30.9 Å². The third kappa shape index (κ3) is 2.68. The smallest absolute Gasteiger partial charge is 0.122 e. The van der Waals surface area contributed by atoms with Gasteiger partial charge in [0.2, 0.25) is 0 Å². The fraction of sp³-hybridized carbons (Fsp3) is 0.294. The fourth-order valence-corrected chi connectivity index (χ4v) is 3.10. The monoisotopic (exact) mass is 332 g/mol. The Labute approximate surface area is 127 Å². The lowest BCUT2D eigenvalue weighted by molar-refractivity contribution is 0.288. The highest BCUT2D eigenvalue weighted by molar-refractivity contribution is 9.09. The van der Waals surface area contributed by atoms with Crippen LogP contribution >= 0.6 is 15.9 Å². The van der Waals surface area contributed by atoms with Crippen molar-refractivity contribution >= 4 is 15.9 Å². The Morgan fingerprint density at radius 1 is 1.15 bits per heavy atom. The normalized spacial score (nSPS) is 15.1. The van der Waals surface area contributed by atoms with E-state index in [-0.39, 0.29) is 4.83 Å². The molecule has 1 aliphatic heterocycles. The number of hydrogen-bond donors (Lipinski definition) is 0. The van der Waals surface area contributed by atoms with Gasteiger partial charge in [0.15, 0.2) is 0 Å². The van der Waals surface area contributed by atoms with Gasteiger partial charge in [-0.1, -0.05) is 40.2 Å². The molecule has 0 saturated carbocycles. The van der Waals surface area contributed by atoms with E-state index >= 15 is 0 Å². The molecule has 3 rings (SSSR count). The van der Waals surface area contributed by atoms with Gasteiger partial charge < -0.3 is 9.47 Å². The Morgan fingerprint density at radius 2 is 2.00 bits per heavy atom. The van der Waals surface area contributed by atoms with E-state index in [1.54, 1.807) is 7.11 Å². The number of alkyl halides is 1.